The number of thiazole rings is 1. The van der Waals surface area contributed by atoms with Gasteiger partial charge in [0.15, 0.2) is 16.6 Å². The van der Waals surface area contributed by atoms with Crippen molar-refractivity contribution in [3.05, 3.63) is 64.0 Å². The van der Waals surface area contributed by atoms with E-state index in [-0.39, 0.29) is 5.91 Å². The summed E-state index contributed by atoms with van der Waals surface area (Å²) in [5.74, 6) is 1.00. The number of anilines is 1. The molecule has 0 unspecified atom stereocenters. The number of nitrogens with one attached hydrogen (secondary N) is 1. The highest BCUT2D eigenvalue weighted by Crippen LogP contribution is 2.28. The van der Waals surface area contributed by atoms with Gasteiger partial charge in [0.05, 0.1) is 19.9 Å². The number of halogens is 1. The summed E-state index contributed by atoms with van der Waals surface area (Å²) in [6.07, 6.45) is 3.17. The molecule has 0 saturated heterocycles. The maximum Gasteiger partial charge on any atom is 0.250 e. The Hall–Kier alpha value is -2.64. The summed E-state index contributed by atoms with van der Waals surface area (Å²) in [4.78, 5) is 16.6. The van der Waals surface area contributed by atoms with E-state index in [1.807, 2.05) is 35.7 Å². The van der Waals surface area contributed by atoms with Crippen LogP contribution in [0.2, 0.25) is 0 Å². The van der Waals surface area contributed by atoms with E-state index in [2.05, 4.69) is 26.2 Å². The van der Waals surface area contributed by atoms with Gasteiger partial charge in [-0.25, -0.2) is 4.98 Å². The molecule has 3 aromatic rings. The maximum absolute atomic E-state index is 12.2. The zero-order valence-electron chi connectivity index (χ0n) is 14.7. The average Bonchev–Trinajstić information content (AvgIpc) is 3.14. The largest absolute Gasteiger partial charge is 0.493 e. The Labute approximate surface area is 169 Å². The Bertz CT molecular complexity index is 985. The van der Waals surface area contributed by atoms with Crippen molar-refractivity contribution in [1.29, 1.82) is 0 Å². The van der Waals surface area contributed by atoms with Crippen molar-refractivity contribution in [1.82, 2.24) is 4.98 Å². The quantitative estimate of drug-likeness (QED) is 0.527. The van der Waals surface area contributed by atoms with Crippen LogP contribution in [0.5, 0.6) is 11.5 Å². The van der Waals surface area contributed by atoms with Gasteiger partial charge in [0.25, 0.3) is 0 Å². The van der Waals surface area contributed by atoms with E-state index in [0.717, 1.165) is 21.3 Å². The third-order valence-electron chi connectivity index (χ3n) is 3.69. The van der Waals surface area contributed by atoms with Gasteiger partial charge in [-0.05, 0) is 35.9 Å². The topological polar surface area (TPSA) is 60.5 Å². The fraction of sp³-hybridized carbons (Fsp3) is 0.100. The number of carbonyl (C=O) groups is 1. The fourth-order valence-corrected chi connectivity index (χ4v) is 3.51. The molecule has 0 fully saturated rings. The predicted molar refractivity (Wildman–Crippen MR) is 112 cm³/mol. The molecule has 2 aromatic carbocycles. The van der Waals surface area contributed by atoms with Gasteiger partial charge in [-0.3, -0.25) is 10.1 Å². The first-order chi connectivity index (χ1) is 13.1. The third kappa shape index (κ3) is 4.96. The molecule has 0 aliphatic rings. The van der Waals surface area contributed by atoms with Crippen LogP contribution >= 0.6 is 27.3 Å². The average molecular weight is 445 g/mol. The van der Waals surface area contributed by atoms with E-state index in [0.29, 0.717) is 16.6 Å². The number of hydrogen-bond donors (Lipinski definition) is 1. The smallest absolute Gasteiger partial charge is 0.250 e. The van der Waals surface area contributed by atoms with Crippen molar-refractivity contribution in [2.75, 3.05) is 19.5 Å². The SMILES string of the molecule is COc1ccc(C=CC(=O)Nc2nc(-c3cccc(Br)c3)cs2)cc1OC. The number of hydrogen-bond acceptors (Lipinski definition) is 5. The van der Waals surface area contributed by atoms with Crippen LogP contribution in [-0.4, -0.2) is 25.1 Å². The molecule has 138 valence electrons. The zero-order chi connectivity index (χ0) is 19.2. The number of nitrogens with zero attached hydrogens (tertiary/aromatic N) is 1. The van der Waals surface area contributed by atoms with Gasteiger partial charge in [0.2, 0.25) is 5.91 Å². The summed E-state index contributed by atoms with van der Waals surface area (Å²) in [5, 5.41) is 5.24. The van der Waals surface area contributed by atoms with E-state index in [1.54, 1.807) is 32.4 Å². The lowest BCUT2D eigenvalue weighted by molar-refractivity contribution is -0.111. The molecule has 1 aromatic heterocycles. The minimum atomic E-state index is -0.250. The molecule has 1 N–H and O–H groups in total. The molecule has 0 radical (unpaired) electrons. The minimum absolute atomic E-state index is 0.250. The first kappa shape index (κ1) is 19.1. The van der Waals surface area contributed by atoms with E-state index >= 15 is 0 Å². The van der Waals surface area contributed by atoms with E-state index < -0.39 is 0 Å². The molecule has 1 heterocycles. The van der Waals surface area contributed by atoms with E-state index in [4.69, 9.17) is 9.47 Å². The molecule has 0 spiro atoms. The highest BCUT2D eigenvalue weighted by molar-refractivity contribution is 9.10. The number of amides is 1. The number of methoxy groups -OCH3 is 2. The third-order valence-corrected chi connectivity index (χ3v) is 4.94. The van der Waals surface area contributed by atoms with E-state index in [9.17, 15) is 4.79 Å². The van der Waals surface area contributed by atoms with Crippen LogP contribution in [0, 0.1) is 0 Å². The lowest BCUT2D eigenvalue weighted by Gasteiger charge is -2.07. The van der Waals surface area contributed by atoms with Crippen LogP contribution in [0.25, 0.3) is 17.3 Å². The van der Waals surface area contributed by atoms with Gasteiger partial charge < -0.3 is 9.47 Å². The molecule has 0 saturated carbocycles. The number of rotatable bonds is 6. The Morgan fingerprint density at radius 3 is 2.70 bits per heavy atom. The van der Waals surface area contributed by atoms with Crippen molar-refractivity contribution >= 4 is 44.4 Å². The van der Waals surface area contributed by atoms with Gasteiger partial charge in [0, 0.05) is 21.5 Å². The van der Waals surface area contributed by atoms with Crippen LogP contribution < -0.4 is 14.8 Å². The summed E-state index contributed by atoms with van der Waals surface area (Å²) < 4.78 is 11.4. The predicted octanol–water partition coefficient (Wildman–Crippen LogP) is 5.24. The molecule has 1 amide bonds. The van der Waals surface area contributed by atoms with Crippen LogP contribution in [0.4, 0.5) is 5.13 Å². The Kier molecular flexibility index (Phi) is 6.26. The first-order valence-corrected chi connectivity index (χ1v) is 9.69. The van der Waals surface area contributed by atoms with Crippen molar-refractivity contribution in [3.8, 4) is 22.8 Å². The van der Waals surface area contributed by atoms with Crippen LogP contribution in [0.3, 0.4) is 0 Å². The summed E-state index contributed by atoms with van der Waals surface area (Å²) in [6, 6.07) is 13.3. The molecular formula is C20H17BrN2O3S. The van der Waals surface area contributed by atoms with Crippen molar-refractivity contribution < 1.29 is 14.3 Å². The summed E-state index contributed by atoms with van der Waals surface area (Å²) >= 11 is 4.83. The second kappa shape index (κ2) is 8.83. The van der Waals surface area contributed by atoms with Crippen molar-refractivity contribution in [3.63, 3.8) is 0 Å². The van der Waals surface area contributed by atoms with Gasteiger partial charge in [-0.15, -0.1) is 11.3 Å². The van der Waals surface area contributed by atoms with Gasteiger partial charge in [0.1, 0.15) is 0 Å². The molecule has 0 atom stereocenters. The maximum atomic E-state index is 12.2. The highest BCUT2D eigenvalue weighted by Gasteiger charge is 2.07. The van der Waals surface area contributed by atoms with Crippen LogP contribution in [0.1, 0.15) is 5.56 Å². The number of ether oxygens (including phenoxy) is 2. The minimum Gasteiger partial charge on any atom is -0.493 e. The molecule has 27 heavy (non-hydrogen) atoms. The molecule has 3 rings (SSSR count). The first-order valence-electron chi connectivity index (χ1n) is 8.01. The van der Waals surface area contributed by atoms with Gasteiger partial charge in [-0.1, -0.05) is 34.1 Å². The molecule has 7 heteroatoms. The number of carbonyl (C=O) groups excluding carboxylic acids is 1. The van der Waals surface area contributed by atoms with Crippen molar-refractivity contribution in [2.24, 2.45) is 0 Å². The lowest BCUT2D eigenvalue weighted by atomic mass is 10.2. The molecule has 0 aliphatic heterocycles. The Balaban J connectivity index is 1.67. The fourth-order valence-electron chi connectivity index (χ4n) is 2.39. The number of benzene rings is 2. The summed E-state index contributed by atoms with van der Waals surface area (Å²) in [6.45, 7) is 0. The molecule has 0 aliphatic carbocycles. The second-order valence-corrected chi connectivity index (χ2v) is 7.26. The molecule has 0 bridgehead atoms. The van der Waals surface area contributed by atoms with Gasteiger partial charge >= 0.3 is 0 Å². The Morgan fingerprint density at radius 1 is 1.15 bits per heavy atom. The van der Waals surface area contributed by atoms with Crippen LogP contribution in [-0.2, 0) is 4.79 Å². The zero-order valence-corrected chi connectivity index (χ0v) is 17.1. The standard InChI is InChI=1S/C20H17BrN2O3S/c1-25-17-8-6-13(10-18(17)26-2)7-9-19(24)23-20-22-16(12-27-20)14-4-3-5-15(21)11-14/h3-12H,1-2H3,(H,22,23,24). The van der Waals surface area contributed by atoms with Crippen LogP contribution in [0.15, 0.2) is 58.4 Å². The Morgan fingerprint density at radius 2 is 1.96 bits per heavy atom. The summed E-state index contributed by atoms with van der Waals surface area (Å²) in [5.41, 5.74) is 2.64. The van der Waals surface area contributed by atoms with Crippen molar-refractivity contribution in [2.45, 2.75) is 0 Å². The lowest BCUT2D eigenvalue weighted by Crippen LogP contribution is -2.07. The normalized spacial score (nSPS) is 10.8. The molecule has 5 nitrogen and oxygen atoms in total. The highest BCUT2D eigenvalue weighted by atomic mass is 79.9. The molecular weight excluding hydrogens is 428 g/mol. The van der Waals surface area contributed by atoms with E-state index in [1.165, 1.54) is 17.4 Å². The van der Waals surface area contributed by atoms with Gasteiger partial charge in [-0.2, -0.15) is 0 Å². The monoisotopic (exact) mass is 444 g/mol. The second-order valence-electron chi connectivity index (χ2n) is 5.49. The number of aromatic nitrogens is 1. The summed E-state index contributed by atoms with van der Waals surface area (Å²) in [7, 11) is 3.15.